The SMILES string of the molecule is O=C(Nc1cc(Br)c[nH]c1=O)C1CC1c1cccc(Br)c1. The lowest BCUT2D eigenvalue weighted by atomic mass is 10.1. The molecule has 0 spiro atoms. The van der Waals surface area contributed by atoms with Crippen molar-refractivity contribution in [2.24, 2.45) is 5.92 Å². The second kappa shape index (κ2) is 5.77. The largest absolute Gasteiger partial charge is 0.326 e. The lowest BCUT2D eigenvalue weighted by molar-refractivity contribution is -0.117. The molecular formula is C15H12Br2N2O2. The summed E-state index contributed by atoms with van der Waals surface area (Å²) in [6.07, 6.45) is 2.35. The third-order valence-corrected chi connectivity index (χ3v) is 4.48. The minimum Gasteiger partial charge on any atom is -0.326 e. The van der Waals surface area contributed by atoms with Crippen molar-refractivity contribution in [3.8, 4) is 0 Å². The van der Waals surface area contributed by atoms with Crippen molar-refractivity contribution < 1.29 is 4.79 Å². The number of anilines is 1. The highest BCUT2D eigenvalue weighted by molar-refractivity contribution is 9.10. The molecular weight excluding hydrogens is 400 g/mol. The third kappa shape index (κ3) is 3.27. The molecule has 1 aromatic carbocycles. The van der Waals surface area contributed by atoms with E-state index in [9.17, 15) is 9.59 Å². The number of hydrogen-bond donors (Lipinski definition) is 2. The van der Waals surface area contributed by atoms with Gasteiger partial charge in [0.25, 0.3) is 5.56 Å². The van der Waals surface area contributed by atoms with Gasteiger partial charge in [0.05, 0.1) is 0 Å². The Morgan fingerprint density at radius 2 is 2.05 bits per heavy atom. The molecule has 0 aliphatic heterocycles. The number of hydrogen-bond acceptors (Lipinski definition) is 2. The normalized spacial score (nSPS) is 20.1. The Morgan fingerprint density at radius 1 is 1.24 bits per heavy atom. The molecule has 2 N–H and O–H groups in total. The van der Waals surface area contributed by atoms with Gasteiger partial charge in [-0.1, -0.05) is 28.1 Å². The molecule has 0 saturated heterocycles. The molecule has 1 aromatic heterocycles. The van der Waals surface area contributed by atoms with Crippen molar-refractivity contribution in [2.75, 3.05) is 5.32 Å². The fraction of sp³-hybridized carbons (Fsp3) is 0.200. The maximum absolute atomic E-state index is 12.2. The van der Waals surface area contributed by atoms with Gasteiger partial charge in [0.1, 0.15) is 5.69 Å². The molecule has 1 saturated carbocycles. The van der Waals surface area contributed by atoms with Gasteiger partial charge in [-0.2, -0.15) is 0 Å². The van der Waals surface area contributed by atoms with E-state index >= 15 is 0 Å². The van der Waals surface area contributed by atoms with Gasteiger partial charge in [-0.05, 0) is 52.0 Å². The van der Waals surface area contributed by atoms with Gasteiger partial charge in [-0.3, -0.25) is 9.59 Å². The van der Waals surface area contributed by atoms with Crippen LogP contribution in [-0.4, -0.2) is 10.9 Å². The zero-order valence-corrected chi connectivity index (χ0v) is 14.1. The number of carbonyl (C=O) groups excluding carboxylic acids is 1. The van der Waals surface area contributed by atoms with E-state index in [1.54, 1.807) is 12.3 Å². The number of pyridine rings is 1. The van der Waals surface area contributed by atoms with Crippen molar-refractivity contribution in [2.45, 2.75) is 12.3 Å². The Balaban J connectivity index is 1.71. The van der Waals surface area contributed by atoms with E-state index in [-0.39, 0.29) is 29.0 Å². The Bertz CT molecular complexity index is 757. The van der Waals surface area contributed by atoms with Crippen LogP contribution in [0, 0.1) is 5.92 Å². The van der Waals surface area contributed by atoms with Crippen molar-refractivity contribution in [3.63, 3.8) is 0 Å². The van der Waals surface area contributed by atoms with E-state index < -0.39 is 0 Å². The van der Waals surface area contributed by atoms with E-state index in [2.05, 4.69) is 42.2 Å². The summed E-state index contributed by atoms with van der Waals surface area (Å²) >= 11 is 6.70. The number of H-pyrrole nitrogens is 1. The summed E-state index contributed by atoms with van der Waals surface area (Å²) in [6, 6.07) is 9.58. The highest BCUT2D eigenvalue weighted by Crippen LogP contribution is 2.48. The topological polar surface area (TPSA) is 62.0 Å². The molecule has 21 heavy (non-hydrogen) atoms. The molecule has 4 nitrogen and oxygen atoms in total. The van der Waals surface area contributed by atoms with Crippen LogP contribution in [0.15, 0.2) is 50.3 Å². The maximum Gasteiger partial charge on any atom is 0.271 e. The molecule has 1 aliphatic carbocycles. The lowest BCUT2D eigenvalue weighted by Crippen LogP contribution is -2.21. The van der Waals surface area contributed by atoms with Crippen LogP contribution >= 0.6 is 31.9 Å². The van der Waals surface area contributed by atoms with Crippen LogP contribution in [0.25, 0.3) is 0 Å². The third-order valence-electron chi connectivity index (χ3n) is 3.53. The minimum absolute atomic E-state index is 0.0716. The van der Waals surface area contributed by atoms with E-state index in [1.807, 2.05) is 24.3 Å². The second-order valence-corrected chi connectivity index (χ2v) is 6.88. The summed E-state index contributed by atoms with van der Waals surface area (Å²) in [4.78, 5) is 26.4. The van der Waals surface area contributed by atoms with Crippen LogP contribution in [-0.2, 0) is 4.79 Å². The lowest BCUT2D eigenvalue weighted by Gasteiger charge is -2.05. The summed E-state index contributed by atoms with van der Waals surface area (Å²) in [5, 5.41) is 2.70. The summed E-state index contributed by atoms with van der Waals surface area (Å²) in [5.74, 6) is 0.0509. The van der Waals surface area contributed by atoms with Crippen LogP contribution in [0.3, 0.4) is 0 Å². The van der Waals surface area contributed by atoms with Crippen LogP contribution in [0.5, 0.6) is 0 Å². The highest BCUT2D eigenvalue weighted by Gasteiger charge is 2.44. The number of benzene rings is 1. The van der Waals surface area contributed by atoms with Crippen LogP contribution in [0.2, 0.25) is 0 Å². The average molecular weight is 412 g/mol. The Kier molecular flexibility index (Phi) is 3.99. The number of aromatic amines is 1. The van der Waals surface area contributed by atoms with Gasteiger partial charge >= 0.3 is 0 Å². The number of aromatic nitrogens is 1. The van der Waals surface area contributed by atoms with Gasteiger partial charge in [-0.15, -0.1) is 0 Å². The molecule has 0 radical (unpaired) electrons. The summed E-state index contributed by atoms with van der Waals surface area (Å²) in [7, 11) is 0. The van der Waals surface area contributed by atoms with Crippen LogP contribution < -0.4 is 10.9 Å². The van der Waals surface area contributed by atoms with Crippen LogP contribution in [0.1, 0.15) is 17.9 Å². The molecule has 6 heteroatoms. The number of amides is 1. The Morgan fingerprint density at radius 3 is 2.81 bits per heavy atom. The average Bonchev–Trinajstić information content (AvgIpc) is 3.23. The predicted molar refractivity (Wildman–Crippen MR) is 88.4 cm³/mol. The maximum atomic E-state index is 12.2. The minimum atomic E-state index is -0.300. The molecule has 1 fully saturated rings. The number of carbonyl (C=O) groups is 1. The molecule has 2 unspecified atom stereocenters. The Hall–Kier alpha value is -1.40. The van der Waals surface area contributed by atoms with Crippen LogP contribution in [0.4, 0.5) is 5.69 Å². The smallest absolute Gasteiger partial charge is 0.271 e. The van der Waals surface area contributed by atoms with Crippen molar-refractivity contribution in [1.82, 2.24) is 4.98 Å². The van der Waals surface area contributed by atoms with Crippen molar-refractivity contribution >= 4 is 43.5 Å². The number of rotatable bonds is 3. The molecule has 2 atom stereocenters. The number of halogens is 2. The van der Waals surface area contributed by atoms with E-state index in [0.717, 1.165) is 20.9 Å². The van der Waals surface area contributed by atoms with E-state index in [4.69, 9.17) is 0 Å². The zero-order chi connectivity index (χ0) is 15.0. The molecule has 0 bridgehead atoms. The second-order valence-electron chi connectivity index (χ2n) is 5.05. The summed E-state index contributed by atoms with van der Waals surface area (Å²) in [5.41, 5.74) is 1.12. The molecule has 3 rings (SSSR count). The first-order valence-corrected chi connectivity index (χ1v) is 8.08. The first-order valence-electron chi connectivity index (χ1n) is 6.49. The van der Waals surface area contributed by atoms with Crippen molar-refractivity contribution in [1.29, 1.82) is 0 Å². The van der Waals surface area contributed by atoms with Gasteiger partial charge in [0.2, 0.25) is 5.91 Å². The fourth-order valence-electron chi connectivity index (χ4n) is 2.37. The number of nitrogens with one attached hydrogen (secondary N) is 2. The fourth-order valence-corrected chi connectivity index (χ4v) is 3.13. The van der Waals surface area contributed by atoms with Gasteiger partial charge in [-0.25, -0.2) is 0 Å². The quantitative estimate of drug-likeness (QED) is 0.809. The first-order chi connectivity index (χ1) is 10.0. The summed E-state index contributed by atoms with van der Waals surface area (Å²) < 4.78 is 1.73. The van der Waals surface area contributed by atoms with Gasteiger partial charge < -0.3 is 10.3 Å². The monoisotopic (exact) mass is 410 g/mol. The summed E-state index contributed by atoms with van der Waals surface area (Å²) in [6.45, 7) is 0. The molecule has 1 aliphatic rings. The van der Waals surface area contributed by atoms with Gasteiger partial charge in [0, 0.05) is 21.1 Å². The van der Waals surface area contributed by atoms with E-state index in [1.165, 1.54) is 0 Å². The molecule has 2 aromatic rings. The van der Waals surface area contributed by atoms with Crippen molar-refractivity contribution in [3.05, 3.63) is 61.4 Å². The van der Waals surface area contributed by atoms with Gasteiger partial charge in [0.15, 0.2) is 0 Å². The standard InChI is InChI=1S/C15H12Br2N2O2/c16-9-3-1-2-8(4-9)11-6-12(11)14(20)19-13-5-10(17)7-18-15(13)21/h1-5,7,11-12H,6H2,(H,18,21)(H,19,20). The van der Waals surface area contributed by atoms with E-state index in [0.29, 0.717) is 0 Å². The predicted octanol–water partition coefficient (Wildman–Crippen LogP) is 3.64. The Labute approximate surface area is 138 Å². The first kappa shape index (κ1) is 14.5. The highest BCUT2D eigenvalue weighted by atomic mass is 79.9. The molecule has 1 amide bonds. The molecule has 108 valence electrons. The molecule has 1 heterocycles. The zero-order valence-electron chi connectivity index (χ0n) is 10.9.